The minimum absolute atomic E-state index is 0.977. The van der Waals surface area contributed by atoms with Gasteiger partial charge in [-0.1, -0.05) is 6.07 Å². The van der Waals surface area contributed by atoms with Gasteiger partial charge in [0.25, 0.3) is 0 Å². The molecule has 1 aromatic carbocycles. The Bertz CT molecular complexity index is 691. The van der Waals surface area contributed by atoms with Gasteiger partial charge in [-0.2, -0.15) is 0 Å². The van der Waals surface area contributed by atoms with Gasteiger partial charge in [-0.3, -0.25) is 4.98 Å². The lowest BCUT2D eigenvalue weighted by Crippen LogP contribution is -1.78. The number of aryl methyl sites for hydroxylation is 1. The van der Waals surface area contributed by atoms with Crippen LogP contribution in [0.1, 0.15) is 5.56 Å². The lowest BCUT2D eigenvalue weighted by atomic mass is 10.2. The first-order valence-electron chi connectivity index (χ1n) is 5.20. The summed E-state index contributed by atoms with van der Waals surface area (Å²) in [5, 5.41) is 1.01. The maximum Gasteiger partial charge on any atom is 0.126 e. The maximum absolute atomic E-state index is 4.62. The van der Waals surface area contributed by atoms with Crippen LogP contribution in [-0.4, -0.2) is 9.97 Å². The zero-order valence-corrected chi connectivity index (χ0v) is 11.5. The quantitative estimate of drug-likeness (QED) is 0.664. The molecule has 0 unspecified atom stereocenters. The van der Waals surface area contributed by atoms with E-state index in [2.05, 4.69) is 51.0 Å². The van der Waals surface area contributed by atoms with Crippen LogP contribution in [0.15, 0.2) is 41.1 Å². The van der Waals surface area contributed by atoms with Crippen LogP contribution >= 0.6 is 27.3 Å². The monoisotopic (exact) mass is 304 g/mol. The Labute approximate surface area is 111 Å². The Hall–Kier alpha value is -1.26. The van der Waals surface area contributed by atoms with Gasteiger partial charge in [0.05, 0.1) is 10.2 Å². The van der Waals surface area contributed by atoms with Crippen molar-refractivity contribution >= 4 is 37.5 Å². The van der Waals surface area contributed by atoms with Crippen molar-refractivity contribution in [1.82, 2.24) is 9.97 Å². The number of hydrogen-bond donors (Lipinski definition) is 0. The summed E-state index contributed by atoms with van der Waals surface area (Å²) in [6.45, 7) is 2.10. The predicted molar refractivity (Wildman–Crippen MR) is 75.3 cm³/mol. The molecule has 0 radical (unpaired) electrons. The average molecular weight is 305 g/mol. The van der Waals surface area contributed by atoms with Gasteiger partial charge in [-0.25, -0.2) is 4.98 Å². The lowest BCUT2D eigenvalue weighted by Gasteiger charge is -1.94. The molecule has 0 saturated carbocycles. The van der Waals surface area contributed by atoms with Crippen molar-refractivity contribution in [2.45, 2.75) is 6.92 Å². The fourth-order valence-electron chi connectivity index (χ4n) is 1.68. The van der Waals surface area contributed by atoms with Crippen molar-refractivity contribution in [2.75, 3.05) is 0 Å². The van der Waals surface area contributed by atoms with Gasteiger partial charge in [0.15, 0.2) is 0 Å². The van der Waals surface area contributed by atoms with E-state index in [1.807, 2.05) is 12.3 Å². The lowest BCUT2D eigenvalue weighted by molar-refractivity contribution is 1.30. The molecule has 3 rings (SSSR count). The second-order valence-electron chi connectivity index (χ2n) is 3.88. The Morgan fingerprint density at radius 3 is 2.88 bits per heavy atom. The molecule has 0 aliphatic carbocycles. The van der Waals surface area contributed by atoms with Gasteiger partial charge in [0.2, 0.25) is 0 Å². The summed E-state index contributed by atoms with van der Waals surface area (Å²) in [4.78, 5) is 8.79. The molecule has 0 bridgehead atoms. The van der Waals surface area contributed by atoms with Crippen molar-refractivity contribution < 1.29 is 0 Å². The number of thiazole rings is 1. The number of aromatic nitrogens is 2. The first-order chi connectivity index (χ1) is 8.22. The Balaban J connectivity index is 2.18. The van der Waals surface area contributed by atoms with Crippen LogP contribution in [0, 0.1) is 6.92 Å². The van der Waals surface area contributed by atoms with Crippen molar-refractivity contribution in [3.8, 4) is 10.6 Å². The highest BCUT2D eigenvalue weighted by Gasteiger charge is 2.06. The number of nitrogens with zero attached hydrogens (tertiary/aromatic N) is 2. The molecule has 0 atom stereocenters. The SMILES string of the molecule is Cc1ccc2nc(-c3cncc(Br)c3)sc2c1. The van der Waals surface area contributed by atoms with Crippen LogP contribution in [0.2, 0.25) is 0 Å². The summed E-state index contributed by atoms with van der Waals surface area (Å²) in [5.41, 5.74) is 3.37. The second-order valence-corrected chi connectivity index (χ2v) is 5.83. The number of benzene rings is 1. The molecule has 0 spiro atoms. The molecule has 0 N–H and O–H groups in total. The number of fused-ring (bicyclic) bond motifs is 1. The summed E-state index contributed by atoms with van der Waals surface area (Å²) < 4.78 is 2.20. The first-order valence-corrected chi connectivity index (χ1v) is 6.81. The van der Waals surface area contributed by atoms with Crippen LogP contribution in [-0.2, 0) is 0 Å². The topological polar surface area (TPSA) is 25.8 Å². The second kappa shape index (κ2) is 4.20. The number of pyridine rings is 1. The minimum Gasteiger partial charge on any atom is -0.263 e. The predicted octanol–water partition coefficient (Wildman–Crippen LogP) is 4.43. The Morgan fingerprint density at radius 1 is 1.18 bits per heavy atom. The number of hydrogen-bond acceptors (Lipinski definition) is 3. The summed E-state index contributed by atoms with van der Waals surface area (Å²) in [6.07, 6.45) is 3.62. The van der Waals surface area contributed by atoms with E-state index in [4.69, 9.17) is 0 Å². The normalized spacial score (nSPS) is 10.9. The van der Waals surface area contributed by atoms with E-state index in [-0.39, 0.29) is 0 Å². The average Bonchev–Trinajstić information content (AvgIpc) is 2.72. The molecule has 84 valence electrons. The third-order valence-electron chi connectivity index (χ3n) is 2.50. The highest BCUT2D eigenvalue weighted by atomic mass is 79.9. The maximum atomic E-state index is 4.62. The molecule has 4 heteroatoms. The van der Waals surface area contributed by atoms with Gasteiger partial charge < -0.3 is 0 Å². The molecule has 0 saturated heterocycles. The standard InChI is InChI=1S/C13H9BrN2S/c1-8-2-3-11-12(4-8)17-13(16-11)9-5-10(14)7-15-6-9/h2-7H,1H3. The number of halogens is 1. The largest absolute Gasteiger partial charge is 0.263 e. The van der Waals surface area contributed by atoms with Crippen molar-refractivity contribution in [2.24, 2.45) is 0 Å². The smallest absolute Gasteiger partial charge is 0.126 e. The van der Waals surface area contributed by atoms with E-state index in [9.17, 15) is 0 Å². The van der Waals surface area contributed by atoms with Gasteiger partial charge >= 0.3 is 0 Å². The summed E-state index contributed by atoms with van der Waals surface area (Å²) in [5.74, 6) is 0. The van der Waals surface area contributed by atoms with Crippen molar-refractivity contribution in [3.63, 3.8) is 0 Å². The molecule has 2 aromatic heterocycles. The molecule has 0 amide bonds. The summed E-state index contributed by atoms with van der Waals surface area (Å²) >= 11 is 5.13. The molecule has 3 aromatic rings. The van der Waals surface area contributed by atoms with Crippen LogP contribution in [0.3, 0.4) is 0 Å². The zero-order chi connectivity index (χ0) is 11.8. The fraction of sp³-hybridized carbons (Fsp3) is 0.0769. The Kier molecular flexibility index (Phi) is 2.68. The van der Waals surface area contributed by atoms with Gasteiger partial charge in [0.1, 0.15) is 5.01 Å². The van der Waals surface area contributed by atoms with Crippen molar-refractivity contribution in [1.29, 1.82) is 0 Å². The van der Waals surface area contributed by atoms with Gasteiger partial charge in [-0.05, 0) is 46.6 Å². The minimum atomic E-state index is 0.977. The summed E-state index contributed by atoms with van der Waals surface area (Å²) in [6, 6.07) is 8.36. The van der Waals surface area contributed by atoms with E-state index in [1.165, 1.54) is 10.3 Å². The van der Waals surface area contributed by atoms with Crippen molar-refractivity contribution in [3.05, 3.63) is 46.7 Å². The molecule has 17 heavy (non-hydrogen) atoms. The van der Waals surface area contributed by atoms with Crippen LogP contribution < -0.4 is 0 Å². The number of rotatable bonds is 1. The first kappa shape index (κ1) is 10.9. The molecule has 0 aliphatic heterocycles. The Morgan fingerprint density at radius 2 is 2.06 bits per heavy atom. The third kappa shape index (κ3) is 2.10. The third-order valence-corrected chi connectivity index (χ3v) is 4.00. The van der Waals surface area contributed by atoms with E-state index >= 15 is 0 Å². The molecule has 0 aliphatic rings. The van der Waals surface area contributed by atoms with Gasteiger partial charge in [-0.15, -0.1) is 11.3 Å². The highest BCUT2D eigenvalue weighted by molar-refractivity contribution is 9.10. The van der Waals surface area contributed by atoms with Gasteiger partial charge in [0, 0.05) is 22.4 Å². The molecule has 2 heterocycles. The van der Waals surface area contributed by atoms with E-state index in [0.29, 0.717) is 0 Å². The molecular formula is C13H9BrN2S. The molecule has 0 fully saturated rings. The van der Waals surface area contributed by atoms with Crippen LogP contribution in [0.4, 0.5) is 0 Å². The zero-order valence-electron chi connectivity index (χ0n) is 9.14. The highest BCUT2D eigenvalue weighted by Crippen LogP contribution is 2.31. The molecule has 2 nitrogen and oxygen atoms in total. The van der Waals surface area contributed by atoms with E-state index in [1.54, 1.807) is 17.5 Å². The molecular weight excluding hydrogens is 296 g/mol. The van der Waals surface area contributed by atoms with Crippen LogP contribution in [0.25, 0.3) is 20.8 Å². The van der Waals surface area contributed by atoms with E-state index in [0.717, 1.165) is 20.6 Å². The van der Waals surface area contributed by atoms with E-state index < -0.39 is 0 Å². The fourth-order valence-corrected chi connectivity index (χ4v) is 3.09. The van der Waals surface area contributed by atoms with Crippen LogP contribution in [0.5, 0.6) is 0 Å². The summed E-state index contributed by atoms with van der Waals surface area (Å²) in [7, 11) is 0.